The van der Waals surface area contributed by atoms with Gasteiger partial charge in [-0.15, -0.1) is 0 Å². The number of nitrogens with one attached hydrogen (secondary N) is 1. The van der Waals surface area contributed by atoms with Crippen molar-refractivity contribution in [2.75, 3.05) is 19.8 Å². The van der Waals surface area contributed by atoms with Gasteiger partial charge in [-0.1, -0.05) is 12.2 Å². The summed E-state index contributed by atoms with van der Waals surface area (Å²) in [5.41, 5.74) is 5.07. The SMILES string of the molecule is C=C(C)COCCNCc1cc(C)n(C)c1C. The van der Waals surface area contributed by atoms with Crippen molar-refractivity contribution in [2.45, 2.75) is 27.3 Å². The summed E-state index contributed by atoms with van der Waals surface area (Å²) in [6.45, 7) is 13.2. The molecule has 0 atom stereocenters. The molecule has 3 nitrogen and oxygen atoms in total. The lowest BCUT2D eigenvalue weighted by atomic mass is 10.2. The van der Waals surface area contributed by atoms with Crippen LogP contribution >= 0.6 is 0 Å². The molecule has 0 amide bonds. The zero-order valence-electron chi connectivity index (χ0n) is 11.5. The van der Waals surface area contributed by atoms with Crippen LogP contribution in [0.1, 0.15) is 23.9 Å². The molecular weight excluding hydrogens is 212 g/mol. The highest BCUT2D eigenvalue weighted by molar-refractivity contribution is 5.26. The van der Waals surface area contributed by atoms with Crippen LogP contribution in [0.3, 0.4) is 0 Å². The molecule has 0 aromatic carbocycles. The third kappa shape index (κ3) is 4.36. The molecule has 0 fully saturated rings. The van der Waals surface area contributed by atoms with Crippen LogP contribution in [0.4, 0.5) is 0 Å². The highest BCUT2D eigenvalue weighted by atomic mass is 16.5. The summed E-state index contributed by atoms with van der Waals surface area (Å²) in [7, 11) is 2.10. The predicted molar refractivity (Wildman–Crippen MR) is 72.2 cm³/mol. The van der Waals surface area contributed by atoms with Crippen molar-refractivity contribution in [1.29, 1.82) is 0 Å². The van der Waals surface area contributed by atoms with Gasteiger partial charge in [-0.25, -0.2) is 0 Å². The van der Waals surface area contributed by atoms with E-state index in [0.717, 1.165) is 25.3 Å². The van der Waals surface area contributed by atoms with Gasteiger partial charge < -0.3 is 14.6 Å². The van der Waals surface area contributed by atoms with E-state index in [2.05, 4.69) is 43.4 Å². The van der Waals surface area contributed by atoms with E-state index in [1.165, 1.54) is 17.0 Å². The molecule has 1 heterocycles. The molecule has 1 N–H and O–H groups in total. The fraction of sp³-hybridized carbons (Fsp3) is 0.571. The number of rotatable bonds is 7. The van der Waals surface area contributed by atoms with E-state index in [1.807, 2.05) is 6.92 Å². The van der Waals surface area contributed by atoms with Crippen LogP contribution in [0.15, 0.2) is 18.2 Å². The first-order valence-electron chi connectivity index (χ1n) is 6.07. The summed E-state index contributed by atoms with van der Waals surface area (Å²) in [5, 5.41) is 3.39. The summed E-state index contributed by atoms with van der Waals surface area (Å²) in [4.78, 5) is 0. The standard InChI is InChI=1S/C14H24N2O/c1-11(2)10-17-7-6-15-9-14-8-12(3)16(5)13(14)4/h8,15H,1,6-7,9-10H2,2-5H3. The summed E-state index contributed by atoms with van der Waals surface area (Å²) < 4.78 is 7.64. The first kappa shape index (κ1) is 14.0. The molecule has 0 radical (unpaired) electrons. The van der Waals surface area contributed by atoms with Crippen molar-refractivity contribution < 1.29 is 4.74 Å². The van der Waals surface area contributed by atoms with Crippen molar-refractivity contribution in [1.82, 2.24) is 9.88 Å². The maximum absolute atomic E-state index is 5.42. The van der Waals surface area contributed by atoms with Crippen molar-refractivity contribution in [3.63, 3.8) is 0 Å². The second kappa shape index (κ2) is 6.62. The van der Waals surface area contributed by atoms with Gasteiger partial charge in [-0.2, -0.15) is 0 Å². The first-order chi connectivity index (χ1) is 8.02. The number of hydrogen-bond acceptors (Lipinski definition) is 2. The van der Waals surface area contributed by atoms with Gasteiger partial charge in [0.1, 0.15) is 0 Å². The lowest BCUT2D eigenvalue weighted by molar-refractivity contribution is 0.157. The summed E-state index contributed by atoms with van der Waals surface area (Å²) in [6, 6.07) is 2.23. The molecule has 0 unspecified atom stereocenters. The highest BCUT2D eigenvalue weighted by Crippen LogP contribution is 2.12. The zero-order chi connectivity index (χ0) is 12.8. The minimum absolute atomic E-state index is 0.658. The molecule has 3 heteroatoms. The van der Waals surface area contributed by atoms with E-state index in [-0.39, 0.29) is 0 Å². The fourth-order valence-electron chi connectivity index (χ4n) is 1.73. The average molecular weight is 236 g/mol. The maximum atomic E-state index is 5.42. The Bertz CT molecular complexity index is 380. The first-order valence-corrected chi connectivity index (χ1v) is 6.07. The lowest BCUT2D eigenvalue weighted by Crippen LogP contribution is -2.19. The van der Waals surface area contributed by atoms with Gasteiger partial charge in [0, 0.05) is 31.5 Å². The summed E-state index contributed by atoms with van der Waals surface area (Å²) in [5.74, 6) is 0. The molecule has 0 aliphatic rings. The number of aromatic nitrogens is 1. The Hall–Kier alpha value is -1.06. The van der Waals surface area contributed by atoms with Crippen molar-refractivity contribution in [3.8, 4) is 0 Å². The molecule has 0 saturated heterocycles. The number of aryl methyl sites for hydroxylation is 1. The Labute approximate surface area is 104 Å². The molecule has 17 heavy (non-hydrogen) atoms. The van der Waals surface area contributed by atoms with E-state index in [0.29, 0.717) is 6.61 Å². The zero-order valence-corrected chi connectivity index (χ0v) is 11.5. The van der Waals surface area contributed by atoms with Crippen molar-refractivity contribution >= 4 is 0 Å². The predicted octanol–water partition coefficient (Wildman–Crippen LogP) is 2.32. The minimum atomic E-state index is 0.658. The molecule has 0 bridgehead atoms. The number of hydrogen-bond donors (Lipinski definition) is 1. The van der Waals surface area contributed by atoms with E-state index < -0.39 is 0 Å². The fourth-order valence-corrected chi connectivity index (χ4v) is 1.73. The van der Waals surface area contributed by atoms with Crippen LogP contribution < -0.4 is 5.32 Å². The normalized spacial score (nSPS) is 10.8. The quantitative estimate of drug-likeness (QED) is 0.581. The Morgan fingerprint density at radius 2 is 2.18 bits per heavy atom. The third-order valence-electron chi connectivity index (χ3n) is 2.97. The Balaban J connectivity index is 2.22. The van der Waals surface area contributed by atoms with Crippen molar-refractivity contribution in [3.05, 3.63) is 35.2 Å². The molecule has 1 aromatic rings. The topological polar surface area (TPSA) is 26.2 Å². The monoisotopic (exact) mass is 236 g/mol. The van der Waals surface area contributed by atoms with Crippen LogP contribution in [0.5, 0.6) is 0 Å². The van der Waals surface area contributed by atoms with Gasteiger partial charge >= 0.3 is 0 Å². The molecule has 0 aliphatic carbocycles. The highest BCUT2D eigenvalue weighted by Gasteiger charge is 2.04. The smallest absolute Gasteiger partial charge is 0.0672 e. The molecule has 1 aromatic heterocycles. The minimum Gasteiger partial charge on any atom is -0.376 e. The number of ether oxygens (including phenoxy) is 1. The van der Waals surface area contributed by atoms with Gasteiger partial charge in [0.15, 0.2) is 0 Å². The van der Waals surface area contributed by atoms with Gasteiger partial charge in [-0.3, -0.25) is 0 Å². The Kier molecular flexibility index (Phi) is 5.45. The summed E-state index contributed by atoms with van der Waals surface area (Å²) >= 11 is 0. The van der Waals surface area contributed by atoms with Crippen molar-refractivity contribution in [2.24, 2.45) is 7.05 Å². The van der Waals surface area contributed by atoms with Gasteiger partial charge in [0.05, 0.1) is 13.2 Å². The number of nitrogens with zero attached hydrogens (tertiary/aromatic N) is 1. The molecule has 96 valence electrons. The van der Waals surface area contributed by atoms with Crippen LogP contribution in [-0.4, -0.2) is 24.3 Å². The summed E-state index contributed by atoms with van der Waals surface area (Å²) in [6.07, 6.45) is 0. The van der Waals surface area contributed by atoms with E-state index >= 15 is 0 Å². The molecule has 0 aliphatic heterocycles. The van der Waals surface area contributed by atoms with Crippen LogP contribution in [0.2, 0.25) is 0 Å². The Morgan fingerprint density at radius 1 is 1.47 bits per heavy atom. The second-order valence-corrected chi connectivity index (χ2v) is 4.64. The Morgan fingerprint density at radius 3 is 2.71 bits per heavy atom. The van der Waals surface area contributed by atoms with E-state index in [1.54, 1.807) is 0 Å². The molecule has 1 rings (SSSR count). The van der Waals surface area contributed by atoms with Gasteiger partial charge in [0.2, 0.25) is 0 Å². The lowest BCUT2D eigenvalue weighted by Gasteiger charge is -2.06. The molecular formula is C14H24N2O. The average Bonchev–Trinajstić information content (AvgIpc) is 2.51. The van der Waals surface area contributed by atoms with E-state index in [9.17, 15) is 0 Å². The third-order valence-corrected chi connectivity index (χ3v) is 2.97. The largest absolute Gasteiger partial charge is 0.376 e. The second-order valence-electron chi connectivity index (χ2n) is 4.64. The molecule has 0 spiro atoms. The van der Waals surface area contributed by atoms with Crippen LogP contribution in [0.25, 0.3) is 0 Å². The van der Waals surface area contributed by atoms with Gasteiger partial charge in [0.25, 0.3) is 0 Å². The maximum Gasteiger partial charge on any atom is 0.0672 e. The van der Waals surface area contributed by atoms with Crippen LogP contribution in [-0.2, 0) is 18.3 Å². The van der Waals surface area contributed by atoms with Gasteiger partial charge in [-0.05, 0) is 32.4 Å². The molecule has 0 saturated carbocycles. The van der Waals surface area contributed by atoms with Crippen LogP contribution in [0, 0.1) is 13.8 Å². The van der Waals surface area contributed by atoms with E-state index in [4.69, 9.17) is 4.74 Å².